The van der Waals surface area contributed by atoms with E-state index in [1.165, 1.54) is 5.69 Å². The number of guanidine groups is 1. The summed E-state index contributed by atoms with van der Waals surface area (Å²) in [4.78, 5) is 11.3. The molecule has 0 radical (unpaired) electrons. The first-order chi connectivity index (χ1) is 13.7. The van der Waals surface area contributed by atoms with Crippen LogP contribution >= 0.6 is 0 Å². The second-order valence-electron chi connectivity index (χ2n) is 6.62. The smallest absolute Gasteiger partial charge is 0.226 e. The lowest BCUT2D eigenvalue weighted by Crippen LogP contribution is -2.36. The van der Waals surface area contributed by atoms with Gasteiger partial charge in [-0.1, -0.05) is 30.3 Å². The second-order valence-corrected chi connectivity index (χ2v) is 6.62. The van der Waals surface area contributed by atoms with E-state index < -0.39 is 0 Å². The van der Waals surface area contributed by atoms with Crippen LogP contribution in [0.5, 0.6) is 0 Å². The molecule has 3 aromatic rings. The summed E-state index contributed by atoms with van der Waals surface area (Å²) in [6.07, 6.45) is 1.68. The van der Waals surface area contributed by atoms with Gasteiger partial charge in [0.05, 0.1) is 18.8 Å². The average Bonchev–Trinajstić information content (AvgIpc) is 3.20. The summed E-state index contributed by atoms with van der Waals surface area (Å²) in [6.45, 7) is 3.98. The fourth-order valence-corrected chi connectivity index (χ4v) is 2.72. The molecule has 0 spiro atoms. The van der Waals surface area contributed by atoms with Gasteiger partial charge >= 0.3 is 0 Å². The Morgan fingerprint density at radius 3 is 2.64 bits per heavy atom. The largest absolute Gasteiger partial charge is 0.444 e. The van der Waals surface area contributed by atoms with Gasteiger partial charge in [0.15, 0.2) is 5.96 Å². The molecule has 6 nitrogen and oxygen atoms in total. The summed E-state index contributed by atoms with van der Waals surface area (Å²) in [5.74, 6) is 1.38. The highest BCUT2D eigenvalue weighted by atomic mass is 16.3. The molecule has 0 bridgehead atoms. The molecule has 0 aliphatic rings. The molecule has 0 saturated carbocycles. The minimum atomic E-state index is 0.542. The van der Waals surface area contributed by atoms with Gasteiger partial charge in [-0.15, -0.1) is 0 Å². The lowest BCUT2D eigenvalue weighted by molar-refractivity contribution is 0.572. The zero-order valence-electron chi connectivity index (χ0n) is 16.6. The molecule has 1 aromatic heterocycles. The van der Waals surface area contributed by atoms with Crippen LogP contribution in [0.25, 0.3) is 11.5 Å². The van der Waals surface area contributed by atoms with E-state index in [1.54, 1.807) is 6.26 Å². The molecule has 0 fully saturated rings. The SMILES string of the molecule is CCNC(=NCc1cccc(N(C)C)c1)NCc1coc(-c2ccccc2)n1. The Balaban J connectivity index is 1.62. The number of hydrogen-bond donors (Lipinski definition) is 2. The summed E-state index contributed by atoms with van der Waals surface area (Å²) in [5, 5.41) is 6.58. The van der Waals surface area contributed by atoms with Crippen LogP contribution in [0.2, 0.25) is 0 Å². The van der Waals surface area contributed by atoms with Crippen molar-refractivity contribution >= 4 is 11.6 Å². The van der Waals surface area contributed by atoms with Crippen LogP contribution in [0, 0.1) is 0 Å². The molecule has 0 saturated heterocycles. The average molecular weight is 377 g/mol. The molecule has 0 aliphatic heterocycles. The standard InChI is InChI=1S/C22H27N5O/c1-4-23-22(24-14-17-9-8-12-20(13-17)27(2)3)25-15-19-16-28-21(26-19)18-10-6-5-7-11-18/h5-13,16H,4,14-15H2,1-3H3,(H2,23,24,25). The van der Waals surface area contributed by atoms with Gasteiger partial charge in [0.25, 0.3) is 0 Å². The Kier molecular flexibility index (Phi) is 6.68. The number of rotatable bonds is 7. The molecule has 0 amide bonds. The van der Waals surface area contributed by atoms with E-state index in [1.807, 2.05) is 51.4 Å². The van der Waals surface area contributed by atoms with Crippen molar-refractivity contribution in [2.45, 2.75) is 20.0 Å². The van der Waals surface area contributed by atoms with E-state index in [-0.39, 0.29) is 0 Å². The number of anilines is 1. The quantitative estimate of drug-likeness (QED) is 0.486. The fraction of sp³-hybridized carbons (Fsp3) is 0.273. The lowest BCUT2D eigenvalue weighted by Gasteiger charge is -2.13. The van der Waals surface area contributed by atoms with Gasteiger partial charge in [-0.3, -0.25) is 0 Å². The second kappa shape index (κ2) is 9.60. The van der Waals surface area contributed by atoms with E-state index in [4.69, 9.17) is 4.42 Å². The maximum Gasteiger partial charge on any atom is 0.226 e. The van der Waals surface area contributed by atoms with Gasteiger partial charge in [0.2, 0.25) is 5.89 Å². The topological polar surface area (TPSA) is 65.7 Å². The molecule has 6 heteroatoms. The van der Waals surface area contributed by atoms with Crippen molar-refractivity contribution in [3.05, 3.63) is 72.1 Å². The summed E-state index contributed by atoms with van der Waals surface area (Å²) in [7, 11) is 4.07. The number of nitrogens with zero attached hydrogens (tertiary/aromatic N) is 3. The molecule has 28 heavy (non-hydrogen) atoms. The molecule has 2 aromatic carbocycles. The Bertz CT molecular complexity index is 902. The lowest BCUT2D eigenvalue weighted by atomic mass is 10.2. The molecule has 0 unspecified atom stereocenters. The minimum Gasteiger partial charge on any atom is -0.444 e. The van der Waals surface area contributed by atoms with Gasteiger partial charge in [-0.2, -0.15) is 0 Å². The monoisotopic (exact) mass is 377 g/mol. The van der Waals surface area contributed by atoms with Crippen LogP contribution in [0.1, 0.15) is 18.2 Å². The first-order valence-corrected chi connectivity index (χ1v) is 9.44. The van der Waals surface area contributed by atoms with Crippen LogP contribution in [0.4, 0.5) is 5.69 Å². The number of nitrogens with one attached hydrogen (secondary N) is 2. The van der Waals surface area contributed by atoms with Gasteiger partial charge in [-0.05, 0) is 36.8 Å². The molecule has 1 heterocycles. The molecular weight excluding hydrogens is 350 g/mol. The normalized spacial score (nSPS) is 11.3. The number of aliphatic imine (C=N–C) groups is 1. The van der Waals surface area contributed by atoms with E-state index in [0.717, 1.165) is 29.3 Å². The van der Waals surface area contributed by atoms with Gasteiger partial charge in [0, 0.05) is 31.9 Å². The highest BCUT2D eigenvalue weighted by Crippen LogP contribution is 2.18. The predicted molar refractivity (Wildman–Crippen MR) is 114 cm³/mol. The van der Waals surface area contributed by atoms with Crippen molar-refractivity contribution < 1.29 is 4.42 Å². The Labute approximate surface area is 166 Å². The van der Waals surface area contributed by atoms with E-state index >= 15 is 0 Å². The van der Waals surface area contributed by atoms with Crippen molar-refractivity contribution in [3.8, 4) is 11.5 Å². The van der Waals surface area contributed by atoms with Crippen molar-refractivity contribution in [2.75, 3.05) is 25.5 Å². The molecule has 3 rings (SSSR count). The fourth-order valence-electron chi connectivity index (χ4n) is 2.72. The first kappa shape index (κ1) is 19.5. The number of hydrogen-bond acceptors (Lipinski definition) is 4. The molecule has 146 valence electrons. The number of benzene rings is 2. The van der Waals surface area contributed by atoms with Crippen molar-refractivity contribution in [1.29, 1.82) is 0 Å². The van der Waals surface area contributed by atoms with E-state index in [0.29, 0.717) is 19.0 Å². The third-order valence-corrected chi connectivity index (χ3v) is 4.20. The Morgan fingerprint density at radius 1 is 1.07 bits per heavy atom. The molecular formula is C22H27N5O. The van der Waals surface area contributed by atoms with Crippen LogP contribution in [0.3, 0.4) is 0 Å². The number of aromatic nitrogens is 1. The van der Waals surface area contributed by atoms with E-state index in [2.05, 4.69) is 49.8 Å². The van der Waals surface area contributed by atoms with Crippen molar-refractivity contribution in [3.63, 3.8) is 0 Å². The van der Waals surface area contributed by atoms with E-state index in [9.17, 15) is 0 Å². The Morgan fingerprint density at radius 2 is 1.89 bits per heavy atom. The summed E-state index contributed by atoms with van der Waals surface area (Å²) >= 11 is 0. The van der Waals surface area contributed by atoms with Gasteiger partial charge in [-0.25, -0.2) is 9.98 Å². The summed E-state index contributed by atoms with van der Waals surface area (Å²) in [5.41, 5.74) is 4.13. The van der Waals surface area contributed by atoms with Gasteiger partial charge in [0.1, 0.15) is 6.26 Å². The van der Waals surface area contributed by atoms with Crippen molar-refractivity contribution in [2.24, 2.45) is 4.99 Å². The Hall–Kier alpha value is -3.28. The molecule has 0 aliphatic carbocycles. The zero-order chi connectivity index (χ0) is 19.8. The number of oxazole rings is 1. The first-order valence-electron chi connectivity index (χ1n) is 9.44. The van der Waals surface area contributed by atoms with Crippen LogP contribution in [-0.2, 0) is 13.1 Å². The van der Waals surface area contributed by atoms with Crippen LogP contribution < -0.4 is 15.5 Å². The highest BCUT2D eigenvalue weighted by molar-refractivity contribution is 5.79. The zero-order valence-corrected chi connectivity index (χ0v) is 16.6. The van der Waals surface area contributed by atoms with Crippen LogP contribution in [0.15, 0.2) is 70.3 Å². The van der Waals surface area contributed by atoms with Crippen molar-refractivity contribution in [1.82, 2.24) is 15.6 Å². The predicted octanol–water partition coefficient (Wildman–Crippen LogP) is 3.66. The van der Waals surface area contributed by atoms with Crippen LogP contribution in [-0.4, -0.2) is 31.6 Å². The maximum absolute atomic E-state index is 5.59. The third-order valence-electron chi connectivity index (χ3n) is 4.20. The molecule has 0 atom stereocenters. The minimum absolute atomic E-state index is 0.542. The van der Waals surface area contributed by atoms with Gasteiger partial charge < -0.3 is 20.0 Å². The summed E-state index contributed by atoms with van der Waals surface area (Å²) < 4.78 is 5.59. The molecule has 2 N–H and O–H groups in total. The maximum atomic E-state index is 5.59. The highest BCUT2D eigenvalue weighted by Gasteiger charge is 2.07. The summed E-state index contributed by atoms with van der Waals surface area (Å²) in [6, 6.07) is 18.3. The third kappa shape index (κ3) is 5.36.